The topological polar surface area (TPSA) is 46.5 Å². The molecule has 1 aromatic rings. The van der Waals surface area contributed by atoms with Crippen molar-refractivity contribution in [2.75, 3.05) is 0 Å². The number of amides is 1. The van der Waals surface area contributed by atoms with E-state index in [2.05, 4.69) is 4.99 Å². The summed E-state index contributed by atoms with van der Waals surface area (Å²) in [5, 5.41) is 0.397. The Kier molecular flexibility index (Phi) is 2.82. The number of rotatable bonds is 1. The van der Waals surface area contributed by atoms with E-state index in [4.69, 9.17) is 23.2 Å². The van der Waals surface area contributed by atoms with E-state index in [1.165, 1.54) is 0 Å². The number of nitrogens with zero attached hydrogens (tertiary/aromatic N) is 1. The zero-order chi connectivity index (χ0) is 11.0. The van der Waals surface area contributed by atoms with Crippen LogP contribution in [0.15, 0.2) is 23.2 Å². The molecular formula is C9H3Cl2NO2S. The summed E-state index contributed by atoms with van der Waals surface area (Å²) < 4.78 is 0. The van der Waals surface area contributed by atoms with Crippen molar-refractivity contribution in [3.63, 3.8) is 0 Å². The number of thioether (sulfide) groups is 1. The summed E-state index contributed by atoms with van der Waals surface area (Å²) >= 11 is 12.6. The highest BCUT2D eigenvalue weighted by molar-refractivity contribution is 8.29. The molecule has 0 spiro atoms. The molecule has 2 rings (SSSR count). The first-order valence-corrected chi connectivity index (χ1v) is 5.46. The molecule has 3 nitrogen and oxygen atoms in total. The van der Waals surface area contributed by atoms with Gasteiger partial charge in [0.05, 0.1) is 10.0 Å². The lowest BCUT2D eigenvalue weighted by Gasteiger charge is -2.03. The Hall–Kier alpha value is -0.840. The molecule has 0 N–H and O–H groups in total. The molecule has 15 heavy (non-hydrogen) atoms. The van der Waals surface area contributed by atoms with Crippen LogP contribution in [-0.4, -0.2) is 16.1 Å². The van der Waals surface area contributed by atoms with Crippen LogP contribution >= 0.6 is 35.0 Å². The molecule has 0 unspecified atom stereocenters. The smallest absolute Gasteiger partial charge is 0.275 e. The van der Waals surface area contributed by atoms with Crippen molar-refractivity contribution < 1.29 is 9.59 Å². The quantitative estimate of drug-likeness (QED) is 0.729. The summed E-state index contributed by atoms with van der Waals surface area (Å²) in [7, 11) is 0. The zero-order valence-corrected chi connectivity index (χ0v) is 9.49. The van der Waals surface area contributed by atoms with Crippen molar-refractivity contribution in [3.05, 3.63) is 33.8 Å². The lowest BCUT2D eigenvalue weighted by molar-refractivity contribution is -0.130. The van der Waals surface area contributed by atoms with E-state index in [-0.39, 0.29) is 5.04 Å². The Morgan fingerprint density at radius 3 is 2.20 bits per heavy atom. The summed E-state index contributed by atoms with van der Waals surface area (Å²) in [4.78, 5) is 25.5. The molecular weight excluding hydrogens is 257 g/mol. The van der Waals surface area contributed by atoms with Gasteiger partial charge in [-0.25, -0.2) is 0 Å². The predicted molar refractivity (Wildman–Crippen MR) is 60.6 cm³/mol. The van der Waals surface area contributed by atoms with Gasteiger partial charge in [0.15, 0.2) is 0 Å². The molecule has 76 valence electrons. The third-order valence-electron chi connectivity index (χ3n) is 1.74. The van der Waals surface area contributed by atoms with Crippen LogP contribution in [0.5, 0.6) is 0 Å². The first-order chi connectivity index (χ1) is 7.09. The van der Waals surface area contributed by atoms with Gasteiger partial charge in [-0.3, -0.25) is 9.59 Å². The van der Waals surface area contributed by atoms with Gasteiger partial charge in [-0.15, -0.1) is 0 Å². The zero-order valence-electron chi connectivity index (χ0n) is 7.16. The summed E-state index contributed by atoms with van der Waals surface area (Å²) in [6.45, 7) is 0. The van der Waals surface area contributed by atoms with Crippen LogP contribution in [0.25, 0.3) is 0 Å². The van der Waals surface area contributed by atoms with Crippen molar-refractivity contribution in [1.82, 2.24) is 0 Å². The van der Waals surface area contributed by atoms with Gasteiger partial charge in [0.1, 0.15) is 5.04 Å². The van der Waals surface area contributed by atoms with Crippen LogP contribution in [0.3, 0.4) is 0 Å². The molecule has 1 aliphatic rings. The number of hydrogen-bond donors (Lipinski definition) is 0. The Morgan fingerprint density at radius 1 is 1.13 bits per heavy atom. The van der Waals surface area contributed by atoms with Crippen LogP contribution in [-0.2, 0) is 9.59 Å². The van der Waals surface area contributed by atoms with Crippen LogP contribution in [0.1, 0.15) is 5.56 Å². The van der Waals surface area contributed by atoms with Crippen molar-refractivity contribution in [1.29, 1.82) is 0 Å². The third kappa shape index (κ3) is 1.93. The first-order valence-electron chi connectivity index (χ1n) is 3.89. The number of carbonyl (C=O) groups excluding carboxylic acids is 2. The van der Waals surface area contributed by atoms with E-state index >= 15 is 0 Å². The van der Waals surface area contributed by atoms with Gasteiger partial charge in [-0.2, -0.15) is 4.99 Å². The van der Waals surface area contributed by atoms with Crippen LogP contribution < -0.4 is 0 Å². The number of hydrogen-bond acceptors (Lipinski definition) is 3. The second-order valence-corrected chi connectivity index (χ2v) is 4.48. The van der Waals surface area contributed by atoms with E-state index in [0.717, 1.165) is 11.8 Å². The van der Waals surface area contributed by atoms with Gasteiger partial charge in [0.2, 0.25) is 0 Å². The highest BCUT2D eigenvalue weighted by atomic mass is 35.5. The van der Waals surface area contributed by atoms with E-state index in [1.807, 2.05) is 0 Å². The summed E-state index contributed by atoms with van der Waals surface area (Å²) in [5.74, 6) is -0.772. The number of aliphatic imine (C=N–C) groups is 1. The van der Waals surface area contributed by atoms with Crippen molar-refractivity contribution >= 4 is 51.0 Å². The fraction of sp³-hybridized carbons (Fsp3) is 0. The summed E-state index contributed by atoms with van der Waals surface area (Å²) in [6.07, 6.45) is 0. The molecule has 0 fully saturated rings. The lowest BCUT2D eigenvalue weighted by Crippen LogP contribution is -1.98. The monoisotopic (exact) mass is 259 g/mol. The van der Waals surface area contributed by atoms with Gasteiger partial charge in [-0.1, -0.05) is 29.3 Å². The standard InChI is InChI=1S/C9H3Cl2NO2S/c10-4-2-1-3-5(11)6(4)8-12-7(13)9(14)15-8/h1-3H. The average molecular weight is 260 g/mol. The third-order valence-corrected chi connectivity index (χ3v) is 3.22. The van der Waals surface area contributed by atoms with Crippen LogP contribution in [0, 0.1) is 0 Å². The number of carbonyl (C=O) groups is 2. The number of benzene rings is 1. The molecule has 0 radical (unpaired) electrons. The Morgan fingerprint density at radius 2 is 1.73 bits per heavy atom. The van der Waals surface area contributed by atoms with Crippen molar-refractivity contribution in [2.45, 2.75) is 0 Å². The molecule has 1 heterocycles. The minimum Gasteiger partial charge on any atom is -0.275 e. The van der Waals surface area contributed by atoms with Crippen LogP contribution in [0.4, 0.5) is 0 Å². The fourth-order valence-electron chi connectivity index (χ4n) is 1.10. The molecule has 1 aromatic carbocycles. The Labute approximate surface area is 99.5 Å². The van der Waals surface area contributed by atoms with Gasteiger partial charge in [0.25, 0.3) is 5.12 Å². The predicted octanol–water partition coefficient (Wildman–Crippen LogP) is 2.54. The maximum atomic E-state index is 11.0. The molecule has 0 bridgehead atoms. The lowest BCUT2D eigenvalue weighted by atomic mass is 10.2. The van der Waals surface area contributed by atoms with Gasteiger partial charge in [-0.05, 0) is 23.9 Å². The first kappa shape index (κ1) is 10.7. The van der Waals surface area contributed by atoms with Crippen molar-refractivity contribution in [2.24, 2.45) is 4.99 Å². The minimum atomic E-state index is -0.772. The fourth-order valence-corrected chi connectivity index (χ4v) is 2.55. The Balaban J connectivity index is 2.52. The number of halogens is 2. The highest BCUT2D eigenvalue weighted by Crippen LogP contribution is 2.31. The van der Waals surface area contributed by atoms with E-state index in [9.17, 15) is 9.59 Å². The molecule has 0 aliphatic carbocycles. The van der Waals surface area contributed by atoms with Crippen molar-refractivity contribution in [3.8, 4) is 0 Å². The van der Waals surface area contributed by atoms with Crippen LogP contribution in [0.2, 0.25) is 10.0 Å². The van der Waals surface area contributed by atoms with E-state index in [0.29, 0.717) is 15.6 Å². The molecule has 1 aliphatic heterocycles. The Bertz CT molecular complexity index is 479. The molecule has 0 saturated heterocycles. The maximum absolute atomic E-state index is 11.0. The minimum absolute atomic E-state index is 0.264. The summed E-state index contributed by atoms with van der Waals surface area (Å²) in [5.41, 5.74) is 0.435. The molecule has 0 aromatic heterocycles. The van der Waals surface area contributed by atoms with Gasteiger partial charge >= 0.3 is 5.91 Å². The van der Waals surface area contributed by atoms with E-state index in [1.54, 1.807) is 18.2 Å². The molecule has 1 amide bonds. The van der Waals surface area contributed by atoms with Gasteiger partial charge in [0, 0.05) is 5.56 Å². The average Bonchev–Trinajstić information content (AvgIpc) is 2.46. The highest BCUT2D eigenvalue weighted by Gasteiger charge is 2.28. The SMILES string of the molecule is O=C1N=C(c2c(Cl)cccc2Cl)SC1=O. The second-order valence-electron chi connectivity index (χ2n) is 2.71. The normalized spacial score (nSPS) is 15.7. The van der Waals surface area contributed by atoms with E-state index < -0.39 is 11.0 Å². The molecule has 0 atom stereocenters. The molecule has 0 saturated carbocycles. The largest absolute Gasteiger partial charge is 0.325 e. The second kappa shape index (κ2) is 3.96. The molecule has 6 heteroatoms. The van der Waals surface area contributed by atoms with Gasteiger partial charge < -0.3 is 0 Å². The summed E-state index contributed by atoms with van der Waals surface area (Å²) in [6, 6.07) is 4.93. The maximum Gasteiger partial charge on any atom is 0.325 e.